The van der Waals surface area contributed by atoms with Gasteiger partial charge in [-0.05, 0) is 32.6 Å². The third-order valence-corrected chi connectivity index (χ3v) is 4.77. The first-order valence-electron chi connectivity index (χ1n) is 7.71. The number of aliphatic hydroxyl groups is 1. The predicted octanol–water partition coefficient (Wildman–Crippen LogP) is 3.33. The Kier molecular flexibility index (Phi) is 5.30. The van der Waals surface area contributed by atoms with Crippen molar-refractivity contribution in [2.24, 2.45) is 0 Å². The monoisotopic (exact) mass is 239 g/mol. The van der Waals surface area contributed by atoms with Gasteiger partial charge in [0.05, 0.1) is 6.61 Å². The average Bonchev–Trinajstić information content (AvgIpc) is 2.41. The van der Waals surface area contributed by atoms with Crippen molar-refractivity contribution < 1.29 is 5.11 Å². The fourth-order valence-corrected chi connectivity index (χ4v) is 3.87. The summed E-state index contributed by atoms with van der Waals surface area (Å²) in [4.78, 5) is 2.69. The van der Waals surface area contributed by atoms with E-state index in [4.69, 9.17) is 0 Å². The van der Waals surface area contributed by atoms with Gasteiger partial charge in [-0.1, -0.05) is 38.5 Å². The van der Waals surface area contributed by atoms with Gasteiger partial charge >= 0.3 is 0 Å². The maximum absolute atomic E-state index is 9.52. The molecule has 2 aliphatic carbocycles. The van der Waals surface area contributed by atoms with E-state index < -0.39 is 0 Å². The normalized spacial score (nSPS) is 26.3. The lowest BCUT2D eigenvalue weighted by atomic mass is 9.87. The first-order valence-corrected chi connectivity index (χ1v) is 7.71. The summed E-state index contributed by atoms with van der Waals surface area (Å²) < 4.78 is 0. The van der Waals surface area contributed by atoms with E-state index in [0.29, 0.717) is 12.6 Å². The van der Waals surface area contributed by atoms with E-state index in [1.165, 1.54) is 64.2 Å². The van der Waals surface area contributed by atoms with Gasteiger partial charge < -0.3 is 5.11 Å². The second kappa shape index (κ2) is 6.75. The number of aliphatic hydroxyl groups excluding tert-OH is 1. The molecule has 0 aliphatic heterocycles. The van der Waals surface area contributed by atoms with Crippen LogP contribution in [0, 0.1) is 0 Å². The first-order chi connectivity index (χ1) is 8.33. The highest BCUT2D eigenvalue weighted by Gasteiger charge is 2.31. The van der Waals surface area contributed by atoms with Gasteiger partial charge in [-0.3, -0.25) is 4.90 Å². The van der Waals surface area contributed by atoms with E-state index in [-0.39, 0.29) is 0 Å². The predicted molar refractivity (Wildman–Crippen MR) is 72.1 cm³/mol. The van der Waals surface area contributed by atoms with Crippen LogP contribution in [-0.2, 0) is 0 Å². The molecule has 17 heavy (non-hydrogen) atoms. The van der Waals surface area contributed by atoms with Gasteiger partial charge in [-0.25, -0.2) is 0 Å². The van der Waals surface area contributed by atoms with Crippen molar-refractivity contribution in [2.75, 3.05) is 6.61 Å². The standard InChI is InChI=1S/C15H29NO/c1-13(12-17)16(14-8-4-2-5-9-14)15-10-6-3-7-11-15/h13-15,17H,2-12H2,1H3. The fourth-order valence-electron chi connectivity index (χ4n) is 3.87. The smallest absolute Gasteiger partial charge is 0.0584 e. The molecule has 0 amide bonds. The summed E-state index contributed by atoms with van der Waals surface area (Å²) >= 11 is 0. The molecule has 0 aromatic heterocycles. The van der Waals surface area contributed by atoms with Gasteiger partial charge in [0.15, 0.2) is 0 Å². The minimum Gasteiger partial charge on any atom is -0.395 e. The number of hydrogen-bond acceptors (Lipinski definition) is 2. The van der Waals surface area contributed by atoms with Crippen molar-refractivity contribution >= 4 is 0 Å². The van der Waals surface area contributed by atoms with Crippen LogP contribution in [0.3, 0.4) is 0 Å². The van der Waals surface area contributed by atoms with Crippen molar-refractivity contribution in [2.45, 2.75) is 89.3 Å². The Labute approximate surface area is 106 Å². The second-order valence-corrected chi connectivity index (χ2v) is 6.06. The molecule has 2 rings (SSSR count). The van der Waals surface area contributed by atoms with Crippen LogP contribution in [0.25, 0.3) is 0 Å². The zero-order valence-electron chi connectivity index (χ0n) is 11.4. The number of nitrogens with zero attached hydrogens (tertiary/aromatic N) is 1. The Morgan fingerprint density at radius 3 is 1.65 bits per heavy atom. The molecule has 2 aliphatic rings. The summed E-state index contributed by atoms with van der Waals surface area (Å²) in [5.74, 6) is 0. The molecular formula is C15H29NO. The molecule has 1 N–H and O–H groups in total. The molecular weight excluding hydrogens is 210 g/mol. The average molecular weight is 239 g/mol. The Morgan fingerprint density at radius 1 is 0.882 bits per heavy atom. The third-order valence-electron chi connectivity index (χ3n) is 4.77. The summed E-state index contributed by atoms with van der Waals surface area (Å²) in [5.41, 5.74) is 0. The summed E-state index contributed by atoms with van der Waals surface area (Å²) in [6.07, 6.45) is 13.9. The Balaban J connectivity index is 2.00. The van der Waals surface area contributed by atoms with Crippen LogP contribution in [0.1, 0.15) is 71.1 Å². The zero-order chi connectivity index (χ0) is 12.1. The molecule has 0 heterocycles. The largest absolute Gasteiger partial charge is 0.395 e. The Bertz CT molecular complexity index is 189. The third kappa shape index (κ3) is 3.45. The molecule has 0 spiro atoms. The molecule has 2 nitrogen and oxygen atoms in total. The van der Waals surface area contributed by atoms with Crippen LogP contribution in [0.15, 0.2) is 0 Å². The number of hydrogen-bond donors (Lipinski definition) is 1. The minimum absolute atomic E-state index is 0.326. The second-order valence-electron chi connectivity index (χ2n) is 6.06. The fraction of sp³-hybridized carbons (Fsp3) is 1.00. The van der Waals surface area contributed by atoms with E-state index in [1.807, 2.05) is 0 Å². The minimum atomic E-state index is 0.326. The van der Waals surface area contributed by atoms with Crippen molar-refractivity contribution in [3.05, 3.63) is 0 Å². The van der Waals surface area contributed by atoms with Gasteiger partial charge in [0, 0.05) is 18.1 Å². The van der Waals surface area contributed by atoms with Crippen LogP contribution in [-0.4, -0.2) is 34.7 Å². The van der Waals surface area contributed by atoms with Crippen molar-refractivity contribution in [3.63, 3.8) is 0 Å². The Hall–Kier alpha value is -0.0800. The Morgan fingerprint density at radius 2 is 1.29 bits per heavy atom. The molecule has 0 bridgehead atoms. The van der Waals surface area contributed by atoms with E-state index in [0.717, 1.165) is 12.1 Å². The van der Waals surface area contributed by atoms with Crippen molar-refractivity contribution in [3.8, 4) is 0 Å². The van der Waals surface area contributed by atoms with Crippen LogP contribution in [0.4, 0.5) is 0 Å². The zero-order valence-corrected chi connectivity index (χ0v) is 11.4. The van der Waals surface area contributed by atoms with Crippen LogP contribution in [0.5, 0.6) is 0 Å². The quantitative estimate of drug-likeness (QED) is 0.813. The topological polar surface area (TPSA) is 23.5 Å². The first kappa shape index (κ1) is 13.4. The molecule has 2 heteroatoms. The van der Waals surface area contributed by atoms with Crippen LogP contribution < -0.4 is 0 Å². The highest BCUT2D eigenvalue weighted by Crippen LogP contribution is 2.31. The van der Waals surface area contributed by atoms with Crippen LogP contribution >= 0.6 is 0 Å². The molecule has 100 valence electrons. The molecule has 0 radical (unpaired) electrons. The van der Waals surface area contributed by atoms with Gasteiger partial charge in [-0.15, -0.1) is 0 Å². The molecule has 1 unspecified atom stereocenters. The maximum atomic E-state index is 9.52. The summed E-state index contributed by atoms with van der Waals surface area (Å²) in [7, 11) is 0. The molecule has 2 saturated carbocycles. The molecule has 0 saturated heterocycles. The van der Waals surface area contributed by atoms with Gasteiger partial charge in [-0.2, -0.15) is 0 Å². The highest BCUT2D eigenvalue weighted by molar-refractivity contribution is 4.86. The van der Waals surface area contributed by atoms with E-state index in [1.54, 1.807) is 0 Å². The lowest BCUT2D eigenvalue weighted by molar-refractivity contribution is 0.0202. The van der Waals surface area contributed by atoms with Crippen molar-refractivity contribution in [1.29, 1.82) is 0 Å². The van der Waals surface area contributed by atoms with Crippen molar-refractivity contribution in [1.82, 2.24) is 4.90 Å². The van der Waals surface area contributed by atoms with E-state index >= 15 is 0 Å². The highest BCUT2D eigenvalue weighted by atomic mass is 16.3. The van der Waals surface area contributed by atoms with Crippen LogP contribution in [0.2, 0.25) is 0 Å². The van der Waals surface area contributed by atoms with Gasteiger partial charge in [0.2, 0.25) is 0 Å². The molecule has 0 aromatic rings. The summed E-state index contributed by atoms with van der Waals surface area (Å²) in [6.45, 7) is 2.54. The lowest BCUT2D eigenvalue weighted by Crippen LogP contribution is -2.51. The maximum Gasteiger partial charge on any atom is 0.0584 e. The van der Waals surface area contributed by atoms with E-state index in [9.17, 15) is 5.11 Å². The molecule has 0 aromatic carbocycles. The lowest BCUT2D eigenvalue weighted by Gasteiger charge is -2.44. The van der Waals surface area contributed by atoms with E-state index in [2.05, 4.69) is 11.8 Å². The summed E-state index contributed by atoms with van der Waals surface area (Å²) in [5, 5.41) is 9.52. The van der Waals surface area contributed by atoms with Gasteiger partial charge in [0.1, 0.15) is 0 Å². The molecule has 1 atom stereocenters. The molecule has 2 fully saturated rings. The van der Waals surface area contributed by atoms with Gasteiger partial charge in [0.25, 0.3) is 0 Å². The SMILES string of the molecule is CC(CO)N(C1CCCCC1)C1CCCCC1. The number of rotatable bonds is 4. The summed E-state index contributed by atoms with van der Waals surface area (Å²) in [6, 6.07) is 1.88.